The number of hydrogen-bond acceptors (Lipinski definition) is 7. The molecule has 1 aromatic heterocycles. The minimum Gasteiger partial charge on any atom is -0.464 e. The molecule has 0 saturated heterocycles. The molecule has 27 heavy (non-hydrogen) atoms. The minimum atomic E-state index is -0.880. The number of ether oxygens (including phenoxy) is 1. The molecular weight excluding hydrogens is 368 g/mol. The number of Topliss-reactive ketones (excluding diaryl/α,β-unsaturated/α-hetero) is 1. The minimum absolute atomic E-state index is 0.0345. The zero-order chi connectivity index (χ0) is 20.6. The highest BCUT2D eigenvalue weighted by molar-refractivity contribution is 7.09. The van der Waals surface area contributed by atoms with Gasteiger partial charge in [0, 0.05) is 16.7 Å². The number of thiazole rings is 1. The van der Waals surface area contributed by atoms with E-state index in [1.165, 1.54) is 18.4 Å². The Kier molecular flexibility index (Phi) is 9.41. The third kappa shape index (κ3) is 6.61. The molecular formula is C18H28N4O4S. The smallest absolute Gasteiger partial charge is 0.357 e. The van der Waals surface area contributed by atoms with Gasteiger partial charge in [0.2, 0.25) is 0 Å². The first-order valence-electron chi connectivity index (χ1n) is 9.03. The van der Waals surface area contributed by atoms with Crippen molar-refractivity contribution in [2.75, 3.05) is 7.11 Å². The van der Waals surface area contributed by atoms with Gasteiger partial charge in [-0.1, -0.05) is 39.2 Å². The number of aliphatic hydroxyl groups is 1. The summed E-state index contributed by atoms with van der Waals surface area (Å²) in [6.45, 7) is 7.81. The van der Waals surface area contributed by atoms with Crippen LogP contribution in [0.25, 0.3) is 10.4 Å². The first-order valence-corrected chi connectivity index (χ1v) is 9.91. The number of methoxy groups -OCH3 is 1. The van der Waals surface area contributed by atoms with Gasteiger partial charge in [0.25, 0.3) is 0 Å². The Morgan fingerprint density at radius 2 is 2.07 bits per heavy atom. The number of nitrogens with zero attached hydrogens (tertiary/aromatic N) is 4. The summed E-state index contributed by atoms with van der Waals surface area (Å²) in [6.07, 6.45) is 0.411. The molecule has 8 nitrogen and oxygen atoms in total. The van der Waals surface area contributed by atoms with Gasteiger partial charge >= 0.3 is 5.97 Å². The maximum atomic E-state index is 12.7. The van der Waals surface area contributed by atoms with Crippen LogP contribution in [0.1, 0.15) is 68.6 Å². The number of carbonyl (C=O) groups is 2. The molecule has 0 aromatic carbocycles. The van der Waals surface area contributed by atoms with E-state index >= 15 is 0 Å². The lowest BCUT2D eigenvalue weighted by Crippen LogP contribution is -2.29. The maximum Gasteiger partial charge on any atom is 0.357 e. The number of azide groups is 1. The van der Waals surface area contributed by atoms with Crippen LogP contribution in [0.15, 0.2) is 10.5 Å². The van der Waals surface area contributed by atoms with Gasteiger partial charge in [0.05, 0.1) is 13.2 Å². The van der Waals surface area contributed by atoms with Crippen LogP contribution in [0.4, 0.5) is 0 Å². The maximum absolute atomic E-state index is 12.7. The van der Waals surface area contributed by atoms with Crippen LogP contribution in [0.3, 0.4) is 0 Å². The molecule has 9 heteroatoms. The third-order valence-corrected chi connectivity index (χ3v) is 5.77. The second kappa shape index (κ2) is 11.0. The van der Waals surface area contributed by atoms with Crippen molar-refractivity contribution in [1.82, 2.24) is 4.98 Å². The topological polar surface area (TPSA) is 125 Å². The van der Waals surface area contributed by atoms with Gasteiger partial charge in [0.15, 0.2) is 5.69 Å². The van der Waals surface area contributed by atoms with Gasteiger partial charge < -0.3 is 9.84 Å². The van der Waals surface area contributed by atoms with Crippen LogP contribution in [-0.4, -0.2) is 35.0 Å². The molecule has 0 saturated carbocycles. The van der Waals surface area contributed by atoms with Crippen molar-refractivity contribution >= 4 is 23.1 Å². The second-order valence-corrected chi connectivity index (χ2v) is 7.91. The Morgan fingerprint density at radius 3 is 2.59 bits per heavy atom. The van der Waals surface area contributed by atoms with Gasteiger partial charge in [-0.15, -0.1) is 11.3 Å². The Morgan fingerprint density at radius 1 is 1.41 bits per heavy atom. The van der Waals surface area contributed by atoms with E-state index in [0.29, 0.717) is 11.4 Å². The molecule has 0 radical (unpaired) electrons. The summed E-state index contributed by atoms with van der Waals surface area (Å²) < 4.78 is 4.62. The molecule has 0 spiro atoms. The Bertz CT molecular complexity index is 685. The van der Waals surface area contributed by atoms with E-state index in [9.17, 15) is 14.7 Å². The van der Waals surface area contributed by atoms with E-state index in [-0.39, 0.29) is 35.7 Å². The fourth-order valence-corrected chi connectivity index (χ4v) is 3.56. The van der Waals surface area contributed by atoms with E-state index < -0.39 is 18.1 Å². The molecule has 0 aliphatic carbocycles. The van der Waals surface area contributed by atoms with Crippen molar-refractivity contribution in [1.29, 1.82) is 0 Å². The van der Waals surface area contributed by atoms with Crippen molar-refractivity contribution in [3.8, 4) is 0 Å². The number of ketones is 1. The van der Waals surface area contributed by atoms with Crippen LogP contribution in [0.2, 0.25) is 0 Å². The number of aromatic nitrogens is 1. The molecule has 1 N–H and O–H groups in total. The molecule has 1 heterocycles. The van der Waals surface area contributed by atoms with Crippen LogP contribution in [0, 0.1) is 17.8 Å². The van der Waals surface area contributed by atoms with Gasteiger partial charge in [0.1, 0.15) is 16.9 Å². The summed E-state index contributed by atoms with van der Waals surface area (Å²) >= 11 is 1.18. The van der Waals surface area contributed by atoms with Crippen molar-refractivity contribution in [3.63, 3.8) is 0 Å². The van der Waals surface area contributed by atoms with E-state index in [4.69, 9.17) is 5.53 Å². The lowest BCUT2D eigenvalue weighted by atomic mass is 9.82. The molecule has 0 aliphatic rings. The molecule has 0 bridgehead atoms. The fourth-order valence-electron chi connectivity index (χ4n) is 2.77. The van der Waals surface area contributed by atoms with Crippen molar-refractivity contribution in [2.45, 2.75) is 59.1 Å². The SMILES string of the molecule is CCC(C)[C@H](N=[N+]=[N-])C(=O)C[C@H](C[C@@H](O)c1nc(C(=O)OC)cs1)C(C)C. The zero-order valence-electron chi connectivity index (χ0n) is 16.5. The monoisotopic (exact) mass is 396 g/mol. The number of carbonyl (C=O) groups excluding carboxylic acids is 2. The average Bonchev–Trinajstić information content (AvgIpc) is 3.14. The first-order chi connectivity index (χ1) is 12.7. The van der Waals surface area contributed by atoms with Crippen LogP contribution < -0.4 is 0 Å². The molecule has 1 rings (SSSR count). The Labute approximate surface area is 163 Å². The largest absolute Gasteiger partial charge is 0.464 e. The van der Waals surface area contributed by atoms with Gasteiger partial charge in [-0.05, 0) is 29.7 Å². The zero-order valence-corrected chi connectivity index (χ0v) is 17.3. The average molecular weight is 397 g/mol. The molecule has 1 unspecified atom stereocenters. The van der Waals surface area contributed by atoms with E-state index in [1.807, 2.05) is 27.7 Å². The normalized spacial score (nSPS) is 15.5. The van der Waals surface area contributed by atoms with Crippen LogP contribution in [0.5, 0.6) is 0 Å². The van der Waals surface area contributed by atoms with Gasteiger partial charge in [-0.2, -0.15) is 0 Å². The lowest BCUT2D eigenvalue weighted by molar-refractivity contribution is -0.122. The fraction of sp³-hybridized carbons (Fsp3) is 0.722. The molecule has 0 amide bonds. The summed E-state index contributed by atoms with van der Waals surface area (Å²) in [4.78, 5) is 31.1. The highest BCUT2D eigenvalue weighted by Gasteiger charge is 2.29. The van der Waals surface area contributed by atoms with Crippen molar-refractivity contribution < 1.29 is 19.4 Å². The van der Waals surface area contributed by atoms with Gasteiger partial charge in [-0.25, -0.2) is 9.78 Å². The lowest BCUT2D eigenvalue weighted by Gasteiger charge is -2.25. The summed E-state index contributed by atoms with van der Waals surface area (Å²) in [7, 11) is 1.27. The van der Waals surface area contributed by atoms with Crippen LogP contribution >= 0.6 is 11.3 Å². The summed E-state index contributed by atoms with van der Waals surface area (Å²) in [5.74, 6) is -0.646. The molecule has 0 fully saturated rings. The standard InChI is InChI=1S/C18H28N4O4S/c1-6-11(4)16(21-22-19)14(23)7-12(10(2)3)8-15(24)17-20-13(9-27-17)18(25)26-5/h9-12,15-16,24H,6-8H2,1-5H3/t11?,12-,15-,16+/m1/s1. The molecule has 1 aromatic rings. The van der Waals surface area contributed by atoms with E-state index in [0.717, 1.165) is 6.42 Å². The summed E-state index contributed by atoms with van der Waals surface area (Å²) in [5.41, 5.74) is 8.92. The Balaban J connectivity index is 2.86. The van der Waals surface area contributed by atoms with Crippen molar-refractivity contribution in [3.05, 3.63) is 26.5 Å². The number of aliphatic hydroxyl groups excluding tert-OH is 1. The third-order valence-electron chi connectivity index (χ3n) is 4.82. The summed E-state index contributed by atoms with van der Waals surface area (Å²) in [5, 5.41) is 16.2. The predicted molar refractivity (Wildman–Crippen MR) is 103 cm³/mol. The number of rotatable bonds is 11. The molecule has 150 valence electrons. The molecule has 0 aliphatic heterocycles. The van der Waals surface area contributed by atoms with Gasteiger partial charge in [-0.3, -0.25) is 4.79 Å². The summed E-state index contributed by atoms with van der Waals surface area (Å²) in [6, 6.07) is -0.691. The highest BCUT2D eigenvalue weighted by Crippen LogP contribution is 2.31. The van der Waals surface area contributed by atoms with Crippen molar-refractivity contribution in [2.24, 2.45) is 22.9 Å². The second-order valence-electron chi connectivity index (χ2n) is 7.02. The Hall–Kier alpha value is -1.96. The van der Waals surface area contributed by atoms with E-state index in [1.54, 1.807) is 5.38 Å². The number of hydrogen-bond donors (Lipinski definition) is 1. The first kappa shape index (κ1) is 23.1. The number of esters is 1. The quantitative estimate of drug-likeness (QED) is 0.258. The molecule has 4 atom stereocenters. The van der Waals surface area contributed by atoms with Crippen LogP contribution in [-0.2, 0) is 9.53 Å². The predicted octanol–water partition coefficient (Wildman–Crippen LogP) is 4.31. The highest BCUT2D eigenvalue weighted by atomic mass is 32.1. The van der Waals surface area contributed by atoms with E-state index in [2.05, 4.69) is 19.7 Å².